The maximum absolute atomic E-state index is 12.7. The minimum atomic E-state index is -4.21. The summed E-state index contributed by atoms with van der Waals surface area (Å²) in [6.45, 7) is -2.69. The van der Waals surface area contributed by atoms with Crippen molar-refractivity contribution in [3.63, 3.8) is 0 Å². The van der Waals surface area contributed by atoms with Crippen molar-refractivity contribution in [1.82, 2.24) is 4.72 Å². The molecule has 18 heavy (non-hydrogen) atoms. The summed E-state index contributed by atoms with van der Waals surface area (Å²) in [4.78, 5) is -0.398. The molecule has 9 heteroatoms. The van der Waals surface area contributed by atoms with Gasteiger partial charge in [-0.3, -0.25) is 0 Å². The van der Waals surface area contributed by atoms with Crippen LogP contribution in [0, 0.1) is 0 Å². The van der Waals surface area contributed by atoms with Crippen molar-refractivity contribution >= 4 is 33.2 Å². The fourth-order valence-corrected chi connectivity index (χ4v) is 2.85. The van der Waals surface area contributed by atoms with Gasteiger partial charge in [-0.25, -0.2) is 21.9 Å². The Morgan fingerprint density at radius 2 is 1.94 bits per heavy atom. The summed E-state index contributed by atoms with van der Waals surface area (Å²) in [5.41, 5.74) is 0. The zero-order valence-corrected chi connectivity index (χ0v) is 11.2. The van der Waals surface area contributed by atoms with Gasteiger partial charge in [0.05, 0.1) is 16.6 Å². The van der Waals surface area contributed by atoms with Crippen LogP contribution in [0.3, 0.4) is 0 Å². The molecule has 1 rings (SSSR count). The van der Waals surface area contributed by atoms with Gasteiger partial charge in [0, 0.05) is 0 Å². The number of nitrogens with one attached hydrogen (secondary N) is 1. The van der Waals surface area contributed by atoms with Crippen molar-refractivity contribution in [2.24, 2.45) is 0 Å². The topological polar surface area (TPSA) is 66.4 Å². The lowest BCUT2D eigenvalue weighted by molar-refractivity contribution is -0.0437. The summed E-state index contributed by atoms with van der Waals surface area (Å²) >= 11 is 11.3. The average Bonchev–Trinajstić information content (AvgIpc) is 2.30. The van der Waals surface area contributed by atoms with E-state index in [1.165, 1.54) is 12.1 Å². The Morgan fingerprint density at radius 1 is 1.33 bits per heavy atom. The Morgan fingerprint density at radius 3 is 2.50 bits per heavy atom. The zero-order valence-electron chi connectivity index (χ0n) is 8.83. The number of halogens is 4. The third-order valence-electron chi connectivity index (χ3n) is 1.96. The van der Waals surface area contributed by atoms with E-state index in [2.05, 4.69) is 0 Å². The lowest BCUT2D eigenvalue weighted by atomic mass is 10.4. The molecule has 0 heterocycles. The number of aliphatic hydroxyl groups excluding tert-OH is 1. The second-order valence-corrected chi connectivity index (χ2v) is 5.91. The Kier molecular flexibility index (Phi) is 4.90. The maximum Gasteiger partial charge on any atom is 0.283 e. The van der Waals surface area contributed by atoms with E-state index < -0.39 is 34.0 Å². The molecule has 4 nitrogen and oxygen atoms in total. The van der Waals surface area contributed by atoms with E-state index in [9.17, 15) is 17.2 Å². The summed E-state index contributed by atoms with van der Waals surface area (Å²) in [6, 6.07) is 3.83. The number of aliphatic hydroxyl groups is 1. The van der Waals surface area contributed by atoms with Crippen LogP contribution in [0.4, 0.5) is 8.78 Å². The molecule has 0 aliphatic carbocycles. The average molecular weight is 320 g/mol. The largest absolute Gasteiger partial charge is 0.390 e. The highest BCUT2D eigenvalue weighted by Crippen LogP contribution is 2.28. The Hall–Kier alpha value is -0.470. The zero-order chi connectivity index (χ0) is 14.0. The molecule has 0 saturated carbocycles. The van der Waals surface area contributed by atoms with Crippen LogP contribution in [0.25, 0.3) is 0 Å². The van der Waals surface area contributed by atoms with Gasteiger partial charge in [-0.2, -0.15) is 0 Å². The first-order valence-corrected chi connectivity index (χ1v) is 6.86. The first kappa shape index (κ1) is 15.6. The Labute approximate surface area is 113 Å². The first-order chi connectivity index (χ1) is 8.19. The SMILES string of the molecule is O=S(=O)(NCC(F)(F)CO)c1cccc(Cl)c1Cl. The molecule has 0 atom stereocenters. The molecule has 0 saturated heterocycles. The van der Waals surface area contributed by atoms with Gasteiger partial charge in [-0.05, 0) is 12.1 Å². The van der Waals surface area contributed by atoms with Crippen LogP contribution in [-0.4, -0.2) is 32.6 Å². The van der Waals surface area contributed by atoms with E-state index >= 15 is 0 Å². The van der Waals surface area contributed by atoms with Crippen LogP contribution < -0.4 is 4.72 Å². The van der Waals surface area contributed by atoms with Crippen molar-refractivity contribution in [1.29, 1.82) is 0 Å². The van der Waals surface area contributed by atoms with E-state index in [0.717, 1.165) is 6.07 Å². The van der Waals surface area contributed by atoms with Crippen molar-refractivity contribution in [2.75, 3.05) is 13.2 Å². The van der Waals surface area contributed by atoms with Crippen LogP contribution >= 0.6 is 23.2 Å². The summed E-state index contributed by atoms with van der Waals surface area (Å²) in [7, 11) is -4.21. The highest BCUT2D eigenvalue weighted by atomic mass is 35.5. The van der Waals surface area contributed by atoms with Gasteiger partial charge < -0.3 is 5.11 Å². The molecule has 2 N–H and O–H groups in total. The fourth-order valence-electron chi connectivity index (χ4n) is 1.03. The summed E-state index contributed by atoms with van der Waals surface area (Å²) in [5, 5.41) is 8.07. The molecule has 102 valence electrons. The van der Waals surface area contributed by atoms with Crippen molar-refractivity contribution in [3.05, 3.63) is 28.2 Å². The maximum atomic E-state index is 12.7. The molecule has 1 aromatic rings. The van der Waals surface area contributed by atoms with Gasteiger partial charge in [0.25, 0.3) is 5.92 Å². The molecule has 0 aliphatic heterocycles. The highest BCUT2D eigenvalue weighted by Gasteiger charge is 2.31. The molecule has 0 radical (unpaired) electrons. The quantitative estimate of drug-likeness (QED) is 0.871. The van der Waals surface area contributed by atoms with E-state index in [1.54, 1.807) is 4.72 Å². The second kappa shape index (κ2) is 5.66. The third-order valence-corrected chi connectivity index (χ3v) is 4.33. The molecule has 0 unspecified atom stereocenters. The summed E-state index contributed by atoms with van der Waals surface area (Å²) < 4.78 is 50.5. The number of hydrogen-bond donors (Lipinski definition) is 2. The number of benzene rings is 1. The first-order valence-electron chi connectivity index (χ1n) is 4.62. The molecule has 1 aromatic carbocycles. The van der Waals surface area contributed by atoms with Crippen molar-refractivity contribution < 1.29 is 22.3 Å². The molecular formula is C9H9Cl2F2NO3S. The lowest BCUT2D eigenvalue weighted by Gasteiger charge is -2.14. The van der Waals surface area contributed by atoms with E-state index in [4.69, 9.17) is 28.3 Å². The fraction of sp³-hybridized carbons (Fsp3) is 0.333. The predicted molar refractivity (Wildman–Crippen MR) is 63.7 cm³/mol. The van der Waals surface area contributed by atoms with Gasteiger partial charge in [-0.1, -0.05) is 29.3 Å². The second-order valence-electron chi connectivity index (χ2n) is 3.39. The van der Waals surface area contributed by atoms with Crippen LogP contribution in [0.5, 0.6) is 0 Å². The van der Waals surface area contributed by atoms with E-state index in [0.29, 0.717) is 0 Å². The standard InChI is InChI=1S/C9H9Cl2F2NO3S/c10-6-2-1-3-7(8(6)11)18(16,17)14-4-9(12,13)5-15/h1-3,14-15H,4-5H2. The van der Waals surface area contributed by atoms with Crippen LogP contribution in [0.15, 0.2) is 23.1 Å². The van der Waals surface area contributed by atoms with Gasteiger partial charge >= 0.3 is 0 Å². The number of hydrogen-bond acceptors (Lipinski definition) is 3. The highest BCUT2D eigenvalue weighted by molar-refractivity contribution is 7.89. The summed E-state index contributed by atoms with van der Waals surface area (Å²) in [5.74, 6) is -3.54. The normalized spacial score (nSPS) is 12.7. The molecule has 0 spiro atoms. The smallest absolute Gasteiger partial charge is 0.283 e. The predicted octanol–water partition coefficient (Wildman–Crippen LogP) is 1.90. The van der Waals surface area contributed by atoms with Crippen molar-refractivity contribution in [3.8, 4) is 0 Å². The number of rotatable bonds is 5. The molecule has 0 aromatic heterocycles. The Balaban J connectivity index is 2.98. The van der Waals surface area contributed by atoms with E-state index in [1.807, 2.05) is 0 Å². The van der Waals surface area contributed by atoms with Gasteiger partial charge in [-0.15, -0.1) is 0 Å². The van der Waals surface area contributed by atoms with E-state index in [-0.39, 0.29) is 10.0 Å². The van der Waals surface area contributed by atoms with Gasteiger partial charge in [0.2, 0.25) is 10.0 Å². The minimum Gasteiger partial charge on any atom is -0.390 e. The minimum absolute atomic E-state index is 0.00606. The van der Waals surface area contributed by atoms with Gasteiger partial charge in [0.15, 0.2) is 0 Å². The molecule has 0 bridgehead atoms. The molecular weight excluding hydrogens is 311 g/mol. The number of alkyl halides is 2. The number of sulfonamides is 1. The molecule has 0 amide bonds. The molecule has 0 fully saturated rings. The van der Waals surface area contributed by atoms with Crippen LogP contribution in [0.1, 0.15) is 0 Å². The Bertz CT molecular complexity index is 537. The van der Waals surface area contributed by atoms with Crippen LogP contribution in [-0.2, 0) is 10.0 Å². The third kappa shape index (κ3) is 3.76. The van der Waals surface area contributed by atoms with Crippen LogP contribution in [0.2, 0.25) is 10.0 Å². The van der Waals surface area contributed by atoms with Gasteiger partial charge in [0.1, 0.15) is 11.5 Å². The summed E-state index contributed by atoms with van der Waals surface area (Å²) in [6.07, 6.45) is 0. The van der Waals surface area contributed by atoms with Crippen molar-refractivity contribution in [2.45, 2.75) is 10.8 Å². The lowest BCUT2D eigenvalue weighted by Crippen LogP contribution is -2.39. The molecule has 0 aliphatic rings. The monoisotopic (exact) mass is 319 g/mol.